The predicted molar refractivity (Wildman–Crippen MR) is 117 cm³/mol. The molecule has 0 aliphatic heterocycles. The van der Waals surface area contributed by atoms with E-state index in [-0.39, 0.29) is 11.5 Å². The molecule has 0 spiro atoms. The maximum atomic E-state index is 14.9. The molecule has 6 nitrogen and oxygen atoms in total. The Bertz CT molecular complexity index is 1200. The van der Waals surface area contributed by atoms with Crippen molar-refractivity contribution >= 4 is 16.8 Å². The van der Waals surface area contributed by atoms with Gasteiger partial charge in [-0.1, -0.05) is 30.4 Å². The molecule has 1 aromatic heterocycles. The third kappa shape index (κ3) is 5.47. The van der Waals surface area contributed by atoms with Crippen LogP contribution >= 0.6 is 0 Å². The Hall–Kier alpha value is -3.70. The monoisotopic (exact) mass is 436 g/mol. The van der Waals surface area contributed by atoms with Gasteiger partial charge in [0.2, 0.25) is 0 Å². The minimum absolute atomic E-state index is 0.0280. The maximum Gasteiger partial charge on any atom is 0.175 e. The van der Waals surface area contributed by atoms with Crippen molar-refractivity contribution in [3.63, 3.8) is 0 Å². The van der Waals surface area contributed by atoms with Crippen LogP contribution in [0.1, 0.15) is 21.5 Å². The highest BCUT2D eigenvalue weighted by atomic mass is 32.2. The Morgan fingerprint density at radius 1 is 1.32 bits per heavy atom. The van der Waals surface area contributed by atoms with Crippen molar-refractivity contribution in [2.45, 2.75) is 11.8 Å². The van der Waals surface area contributed by atoms with Crippen LogP contribution in [0.4, 0.5) is 4.39 Å². The minimum Gasteiger partial charge on any atom is -0.306 e. The van der Waals surface area contributed by atoms with E-state index in [2.05, 4.69) is 15.9 Å². The molecule has 2 unspecified atom stereocenters. The highest BCUT2D eigenvalue weighted by Gasteiger charge is 2.21. The fraction of sp³-hybridized carbons (Fsp3) is 0.130. The van der Waals surface area contributed by atoms with Gasteiger partial charge in [-0.05, 0) is 42.8 Å². The summed E-state index contributed by atoms with van der Waals surface area (Å²) in [5.41, 5.74) is 1.32. The lowest BCUT2D eigenvalue weighted by Gasteiger charge is -2.11. The van der Waals surface area contributed by atoms with Crippen molar-refractivity contribution < 1.29 is 13.4 Å². The average Bonchev–Trinajstić information content (AvgIpc) is 2.94. The summed E-state index contributed by atoms with van der Waals surface area (Å²) >= 11 is 0. The molecule has 0 radical (unpaired) electrons. The number of aromatic amines is 1. The van der Waals surface area contributed by atoms with Crippen molar-refractivity contribution in [1.29, 1.82) is 5.26 Å². The van der Waals surface area contributed by atoms with E-state index in [9.17, 15) is 18.7 Å². The smallest absolute Gasteiger partial charge is 0.175 e. The number of nitrogens with zero attached hydrogens (tertiary/aromatic N) is 2. The van der Waals surface area contributed by atoms with E-state index in [0.29, 0.717) is 21.6 Å². The third-order valence-corrected chi connectivity index (χ3v) is 5.67. The van der Waals surface area contributed by atoms with Gasteiger partial charge in [-0.2, -0.15) is 5.26 Å². The molecule has 2 N–H and O–H groups in total. The predicted octanol–water partition coefficient (Wildman–Crippen LogP) is 4.08. The standard InChI is InChI=1S/C23H21FN4O2S/c1-16-11-17(13-25)15-28(2)26-14-20(16)23(29)18-7-6-10-22(21(24)12-18)27-31(30)19-8-4-3-5-9-19/h3-12,14-15,18,26-27H,1-2H3. The van der Waals surface area contributed by atoms with E-state index in [4.69, 9.17) is 0 Å². The second-order valence-electron chi connectivity index (χ2n) is 6.88. The van der Waals surface area contributed by atoms with Gasteiger partial charge in [0.15, 0.2) is 5.78 Å². The van der Waals surface area contributed by atoms with Gasteiger partial charge in [0.1, 0.15) is 22.9 Å². The molecular weight excluding hydrogens is 415 g/mol. The molecular formula is C23H21FN4O2S. The highest BCUT2D eigenvalue weighted by molar-refractivity contribution is 7.83. The number of H-pyrrole nitrogens is 1. The number of ketones is 1. The van der Waals surface area contributed by atoms with E-state index < -0.39 is 22.7 Å². The van der Waals surface area contributed by atoms with E-state index in [1.165, 1.54) is 18.3 Å². The molecule has 1 aromatic carbocycles. The molecule has 1 aliphatic rings. The molecule has 3 rings (SSSR count). The Morgan fingerprint density at radius 3 is 2.77 bits per heavy atom. The topological polar surface area (TPSA) is 90.7 Å². The Labute approximate surface area is 182 Å². The van der Waals surface area contributed by atoms with E-state index in [1.807, 2.05) is 0 Å². The summed E-state index contributed by atoms with van der Waals surface area (Å²) in [4.78, 5) is 13.7. The zero-order valence-electron chi connectivity index (χ0n) is 17.0. The lowest BCUT2D eigenvalue weighted by Crippen LogP contribution is -2.18. The maximum absolute atomic E-state index is 14.9. The zero-order valence-corrected chi connectivity index (χ0v) is 17.8. The van der Waals surface area contributed by atoms with E-state index >= 15 is 0 Å². The highest BCUT2D eigenvalue weighted by Crippen LogP contribution is 2.23. The molecule has 2 aromatic rings. The van der Waals surface area contributed by atoms with Crippen molar-refractivity contribution in [3.05, 3.63) is 101 Å². The van der Waals surface area contributed by atoms with Gasteiger partial charge in [0, 0.05) is 25.0 Å². The van der Waals surface area contributed by atoms with Crippen LogP contribution in [0.2, 0.25) is 0 Å². The number of nitrogens with one attached hydrogen (secondary N) is 2. The van der Waals surface area contributed by atoms with Gasteiger partial charge in [-0.25, -0.2) is 8.60 Å². The molecule has 0 saturated carbocycles. The summed E-state index contributed by atoms with van der Waals surface area (Å²) < 4.78 is 31.5. The van der Waals surface area contributed by atoms with Gasteiger partial charge in [-0.3, -0.25) is 14.2 Å². The minimum atomic E-state index is -1.65. The number of aromatic nitrogens is 2. The van der Waals surface area contributed by atoms with Crippen LogP contribution in [-0.4, -0.2) is 19.8 Å². The Morgan fingerprint density at radius 2 is 2.06 bits per heavy atom. The summed E-state index contributed by atoms with van der Waals surface area (Å²) in [6, 6.07) is 12.3. The molecule has 0 saturated heterocycles. The van der Waals surface area contributed by atoms with Crippen molar-refractivity contribution in [2.24, 2.45) is 13.0 Å². The molecule has 0 bridgehead atoms. The lowest BCUT2D eigenvalue weighted by molar-refractivity contribution is 0.0963. The molecule has 2 atom stereocenters. The van der Waals surface area contributed by atoms with Crippen molar-refractivity contribution in [3.8, 4) is 6.07 Å². The second kappa shape index (κ2) is 9.87. The summed E-state index contributed by atoms with van der Waals surface area (Å²) in [5, 5.41) is 12.1. The van der Waals surface area contributed by atoms with Gasteiger partial charge in [-0.15, -0.1) is 0 Å². The molecule has 158 valence electrons. The number of hydrogen-bond acceptors (Lipinski definition) is 3. The largest absolute Gasteiger partial charge is 0.306 e. The molecule has 1 heterocycles. The molecule has 1 aliphatic carbocycles. The van der Waals surface area contributed by atoms with Crippen molar-refractivity contribution in [1.82, 2.24) is 14.5 Å². The first kappa shape index (κ1) is 22.0. The first-order valence-corrected chi connectivity index (χ1v) is 10.6. The van der Waals surface area contributed by atoms with Gasteiger partial charge < -0.3 is 5.10 Å². The van der Waals surface area contributed by atoms with Gasteiger partial charge in [0.25, 0.3) is 0 Å². The van der Waals surface area contributed by atoms with Crippen LogP contribution in [0.15, 0.2) is 89.5 Å². The fourth-order valence-corrected chi connectivity index (χ4v) is 3.87. The molecule has 0 amide bonds. The van der Waals surface area contributed by atoms with E-state index in [1.54, 1.807) is 73.4 Å². The summed E-state index contributed by atoms with van der Waals surface area (Å²) in [7, 11) is 0.0532. The molecule has 8 heteroatoms. The van der Waals surface area contributed by atoms with Gasteiger partial charge in [0.05, 0.1) is 22.1 Å². The van der Waals surface area contributed by atoms with Crippen LogP contribution in [0.3, 0.4) is 0 Å². The summed E-state index contributed by atoms with van der Waals surface area (Å²) in [6.45, 7) is 1.72. The number of rotatable bonds is 5. The fourth-order valence-electron chi connectivity index (χ4n) is 2.98. The SMILES string of the molecule is Cc1cc(C#N)cn(C)[nH]cc1C(=O)C1C=CC=C(NS(=O)c2ccccc2)C(F)=C1. The number of Topliss-reactive ketones (excluding diaryl/α,β-unsaturated/α-hetero) is 1. The zero-order chi connectivity index (χ0) is 22.4. The number of halogens is 1. The second-order valence-corrected chi connectivity index (χ2v) is 8.09. The number of allylic oxidation sites excluding steroid dienone is 5. The first-order chi connectivity index (χ1) is 14.9. The van der Waals surface area contributed by atoms with Crippen LogP contribution in [0.5, 0.6) is 0 Å². The van der Waals surface area contributed by atoms with E-state index in [0.717, 1.165) is 0 Å². The normalized spacial score (nSPS) is 16.3. The number of benzene rings is 1. The number of carbonyl (C=O) groups is 1. The third-order valence-electron chi connectivity index (χ3n) is 4.56. The Kier molecular flexibility index (Phi) is 7.00. The molecule has 0 fully saturated rings. The first-order valence-electron chi connectivity index (χ1n) is 9.42. The number of hydrogen-bond donors (Lipinski definition) is 2. The van der Waals surface area contributed by atoms with Crippen LogP contribution in [0, 0.1) is 24.2 Å². The van der Waals surface area contributed by atoms with Crippen LogP contribution < -0.4 is 4.72 Å². The summed E-state index contributed by atoms with van der Waals surface area (Å²) in [6.07, 6.45) is 8.88. The van der Waals surface area contributed by atoms with Crippen LogP contribution in [-0.2, 0) is 18.0 Å². The number of nitriles is 1. The Balaban J connectivity index is 1.88. The number of aryl methyl sites for hydroxylation is 2. The van der Waals surface area contributed by atoms with Gasteiger partial charge >= 0.3 is 0 Å². The lowest BCUT2D eigenvalue weighted by atomic mass is 9.95. The van der Waals surface area contributed by atoms with Crippen molar-refractivity contribution in [2.75, 3.05) is 0 Å². The quantitative estimate of drug-likeness (QED) is 0.692. The van der Waals surface area contributed by atoms with Crippen LogP contribution in [0.25, 0.3) is 0 Å². The average molecular weight is 437 g/mol. The summed E-state index contributed by atoms with van der Waals surface area (Å²) in [5.74, 6) is -1.88. The number of carbonyl (C=O) groups excluding carboxylic acids is 1. The molecule has 31 heavy (non-hydrogen) atoms.